The first kappa shape index (κ1) is 13.0. The van der Waals surface area contributed by atoms with Gasteiger partial charge in [0.15, 0.2) is 0 Å². The van der Waals surface area contributed by atoms with Gasteiger partial charge in [-0.15, -0.1) is 0 Å². The zero-order valence-electron chi connectivity index (χ0n) is 10.8. The van der Waals surface area contributed by atoms with Crippen LogP contribution in [0.4, 0.5) is 0 Å². The Kier molecular flexibility index (Phi) is 5.33. The van der Waals surface area contributed by atoms with Gasteiger partial charge in [-0.1, -0.05) is 25.1 Å². The van der Waals surface area contributed by atoms with Gasteiger partial charge < -0.3 is 10.1 Å². The van der Waals surface area contributed by atoms with E-state index in [1.165, 1.54) is 11.1 Å². The standard InChI is InChI=1S/C14H23NO/c1-5-13(4)15-9-10-16-14-11(2)7-6-8-12(14)3/h6-8,13,15H,5,9-10H2,1-4H3. The number of ether oxygens (including phenoxy) is 1. The second-order valence-electron chi connectivity index (χ2n) is 4.33. The maximum Gasteiger partial charge on any atom is 0.125 e. The Morgan fingerprint density at radius 1 is 1.25 bits per heavy atom. The molecule has 2 heteroatoms. The Morgan fingerprint density at radius 3 is 2.44 bits per heavy atom. The number of para-hydroxylation sites is 1. The van der Waals surface area contributed by atoms with Gasteiger partial charge in [-0.3, -0.25) is 0 Å². The van der Waals surface area contributed by atoms with E-state index < -0.39 is 0 Å². The predicted octanol–water partition coefficient (Wildman–Crippen LogP) is 3.07. The molecule has 0 saturated carbocycles. The molecule has 0 aliphatic rings. The molecule has 1 N–H and O–H groups in total. The molecule has 0 spiro atoms. The lowest BCUT2D eigenvalue weighted by molar-refractivity contribution is 0.302. The molecule has 0 amide bonds. The van der Waals surface area contributed by atoms with Gasteiger partial charge in [0.05, 0.1) is 0 Å². The second-order valence-corrected chi connectivity index (χ2v) is 4.33. The number of hydrogen-bond donors (Lipinski definition) is 1. The summed E-state index contributed by atoms with van der Waals surface area (Å²) in [6.07, 6.45) is 1.16. The lowest BCUT2D eigenvalue weighted by Gasteiger charge is -2.14. The van der Waals surface area contributed by atoms with Gasteiger partial charge in [-0.25, -0.2) is 0 Å². The first-order valence-electron chi connectivity index (χ1n) is 6.07. The molecule has 1 rings (SSSR count). The molecule has 1 aromatic rings. The fourth-order valence-corrected chi connectivity index (χ4v) is 1.63. The molecule has 0 radical (unpaired) electrons. The molecule has 2 nitrogen and oxygen atoms in total. The minimum absolute atomic E-state index is 0.571. The molecule has 0 saturated heterocycles. The van der Waals surface area contributed by atoms with Crippen LogP contribution in [-0.4, -0.2) is 19.2 Å². The lowest BCUT2D eigenvalue weighted by atomic mass is 10.1. The van der Waals surface area contributed by atoms with Gasteiger partial charge in [-0.2, -0.15) is 0 Å². The van der Waals surface area contributed by atoms with E-state index in [-0.39, 0.29) is 0 Å². The largest absolute Gasteiger partial charge is 0.492 e. The normalized spacial score (nSPS) is 12.5. The molecule has 1 aromatic carbocycles. The summed E-state index contributed by atoms with van der Waals surface area (Å²) in [5.74, 6) is 1.04. The Labute approximate surface area is 99.0 Å². The molecule has 0 bridgehead atoms. The quantitative estimate of drug-likeness (QED) is 0.745. The van der Waals surface area contributed by atoms with Gasteiger partial charge in [0.1, 0.15) is 12.4 Å². The molecule has 0 heterocycles. The molecule has 0 aliphatic heterocycles. The van der Waals surface area contributed by atoms with Crippen LogP contribution in [0.5, 0.6) is 5.75 Å². The Bertz CT molecular complexity index is 302. The second kappa shape index (κ2) is 6.54. The SMILES string of the molecule is CCC(C)NCCOc1c(C)cccc1C. The topological polar surface area (TPSA) is 21.3 Å². The van der Waals surface area contributed by atoms with Crippen LogP contribution in [0.1, 0.15) is 31.4 Å². The van der Waals surface area contributed by atoms with Crippen molar-refractivity contribution >= 4 is 0 Å². The summed E-state index contributed by atoms with van der Waals surface area (Å²) in [7, 11) is 0. The summed E-state index contributed by atoms with van der Waals surface area (Å²) in [5.41, 5.74) is 2.42. The van der Waals surface area contributed by atoms with E-state index in [0.29, 0.717) is 6.04 Å². The van der Waals surface area contributed by atoms with Crippen molar-refractivity contribution in [1.82, 2.24) is 5.32 Å². The number of hydrogen-bond acceptors (Lipinski definition) is 2. The smallest absolute Gasteiger partial charge is 0.125 e. The molecule has 0 aromatic heterocycles. The molecule has 16 heavy (non-hydrogen) atoms. The molecule has 90 valence electrons. The number of aryl methyl sites for hydroxylation is 2. The van der Waals surface area contributed by atoms with Crippen LogP contribution < -0.4 is 10.1 Å². The van der Waals surface area contributed by atoms with Gasteiger partial charge in [0.2, 0.25) is 0 Å². The van der Waals surface area contributed by atoms with E-state index in [4.69, 9.17) is 4.74 Å². The van der Waals surface area contributed by atoms with Gasteiger partial charge in [-0.05, 0) is 38.3 Å². The highest BCUT2D eigenvalue weighted by atomic mass is 16.5. The average molecular weight is 221 g/mol. The zero-order chi connectivity index (χ0) is 12.0. The summed E-state index contributed by atoms with van der Waals surface area (Å²) in [6.45, 7) is 10.2. The zero-order valence-corrected chi connectivity index (χ0v) is 10.8. The minimum atomic E-state index is 0.571. The third-order valence-electron chi connectivity index (χ3n) is 2.86. The van der Waals surface area contributed by atoms with Crippen molar-refractivity contribution in [1.29, 1.82) is 0 Å². The van der Waals surface area contributed by atoms with E-state index in [1.807, 2.05) is 0 Å². The summed E-state index contributed by atoms with van der Waals surface area (Å²) in [6, 6.07) is 6.81. The Hall–Kier alpha value is -1.02. The van der Waals surface area contributed by atoms with Crippen molar-refractivity contribution < 1.29 is 4.74 Å². The molecule has 1 atom stereocenters. The van der Waals surface area contributed by atoms with Crippen molar-refractivity contribution in [2.45, 2.75) is 40.2 Å². The summed E-state index contributed by atoms with van der Waals surface area (Å²) >= 11 is 0. The van der Waals surface area contributed by atoms with E-state index in [2.05, 4.69) is 51.2 Å². The highest BCUT2D eigenvalue weighted by Gasteiger charge is 2.03. The average Bonchev–Trinajstić information content (AvgIpc) is 2.27. The van der Waals surface area contributed by atoms with E-state index in [1.54, 1.807) is 0 Å². The van der Waals surface area contributed by atoms with Crippen LogP contribution in [0.3, 0.4) is 0 Å². The fourth-order valence-electron chi connectivity index (χ4n) is 1.63. The van der Waals surface area contributed by atoms with Crippen LogP contribution >= 0.6 is 0 Å². The van der Waals surface area contributed by atoms with Crippen molar-refractivity contribution in [3.8, 4) is 5.75 Å². The highest BCUT2D eigenvalue weighted by Crippen LogP contribution is 2.21. The van der Waals surface area contributed by atoms with Crippen LogP contribution in [0.25, 0.3) is 0 Å². The van der Waals surface area contributed by atoms with Crippen molar-refractivity contribution in [3.63, 3.8) is 0 Å². The van der Waals surface area contributed by atoms with Gasteiger partial charge in [0.25, 0.3) is 0 Å². The maximum absolute atomic E-state index is 5.80. The van der Waals surface area contributed by atoms with Crippen LogP contribution in [0.15, 0.2) is 18.2 Å². The minimum Gasteiger partial charge on any atom is -0.492 e. The van der Waals surface area contributed by atoms with Crippen LogP contribution in [-0.2, 0) is 0 Å². The molecular weight excluding hydrogens is 198 g/mol. The van der Waals surface area contributed by atoms with Crippen molar-refractivity contribution in [3.05, 3.63) is 29.3 Å². The van der Waals surface area contributed by atoms with Gasteiger partial charge in [0, 0.05) is 12.6 Å². The monoisotopic (exact) mass is 221 g/mol. The Morgan fingerprint density at radius 2 is 1.88 bits per heavy atom. The summed E-state index contributed by atoms with van der Waals surface area (Å²) in [4.78, 5) is 0. The lowest BCUT2D eigenvalue weighted by Crippen LogP contribution is -2.29. The van der Waals surface area contributed by atoms with Crippen molar-refractivity contribution in [2.24, 2.45) is 0 Å². The third-order valence-corrected chi connectivity index (χ3v) is 2.86. The van der Waals surface area contributed by atoms with E-state index in [9.17, 15) is 0 Å². The molecule has 1 unspecified atom stereocenters. The number of nitrogens with one attached hydrogen (secondary N) is 1. The molecular formula is C14H23NO. The first-order valence-corrected chi connectivity index (χ1v) is 6.07. The van der Waals surface area contributed by atoms with Crippen LogP contribution in [0, 0.1) is 13.8 Å². The molecule has 0 aliphatic carbocycles. The maximum atomic E-state index is 5.80. The third kappa shape index (κ3) is 3.86. The van der Waals surface area contributed by atoms with E-state index in [0.717, 1.165) is 25.3 Å². The number of rotatable bonds is 6. The van der Waals surface area contributed by atoms with Gasteiger partial charge >= 0.3 is 0 Å². The highest BCUT2D eigenvalue weighted by molar-refractivity contribution is 5.39. The molecule has 0 fully saturated rings. The predicted molar refractivity (Wildman–Crippen MR) is 69.2 cm³/mol. The van der Waals surface area contributed by atoms with Crippen molar-refractivity contribution in [2.75, 3.05) is 13.2 Å². The first-order chi connectivity index (χ1) is 7.65. The summed E-state index contributed by atoms with van der Waals surface area (Å²) in [5, 5.41) is 3.42. The summed E-state index contributed by atoms with van der Waals surface area (Å²) < 4.78 is 5.80. The number of benzene rings is 1. The van der Waals surface area contributed by atoms with Crippen LogP contribution in [0.2, 0.25) is 0 Å². The fraction of sp³-hybridized carbons (Fsp3) is 0.571. The van der Waals surface area contributed by atoms with E-state index >= 15 is 0 Å². The Balaban J connectivity index is 2.37.